The van der Waals surface area contributed by atoms with Gasteiger partial charge in [-0.05, 0) is 24.3 Å². The molecule has 1 unspecified atom stereocenters. The number of benzene rings is 1. The molecule has 1 heterocycles. The second kappa shape index (κ2) is 5.14. The lowest BCUT2D eigenvalue weighted by Gasteiger charge is -2.15. The first kappa shape index (κ1) is 10.4. The molecule has 2 aromatic rings. The second-order valence-corrected chi connectivity index (χ2v) is 3.17. The Kier molecular flexibility index (Phi) is 3.35. The number of hydrogen-bond donors (Lipinski definition) is 2. The van der Waals surface area contributed by atoms with E-state index in [4.69, 9.17) is 4.74 Å². The van der Waals surface area contributed by atoms with Gasteiger partial charge in [0.15, 0.2) is 0 Å². The van der Waals surface area contributed by atoms with Crippen molar-refractivity contribution in [3.05, 3.63) is 54.9 Å². The van der Waals surface area contributed by atoms with Gasteiger partial charge in [0.1, 0.15) is 5.75 Å². The summed E-state index contributed by atoms with van der Waals surface area (Å²) < 4.78 is 5.23. The highest BCUT2D eigenvalue weighted by Crippen LogP contribution is 2.11. The molecule has 0 saturated carbocycles. The number of nitrogens with zero attached hydrogens (tertiary/aromatic N) is 1. The molecule has 0 saturated heterocycles. The molecular formula is C12H12N2O2. The first-order valence-electron chi connectivity index (χ1n) is 4.91. The summed E-state index contributed by atoms with van der Waals surface area (Å²) in [7, 11) is 0. The van der Waals surface area contributed by atoms with Crippen LogP contribution in [0.25, 0.3) is 0 Å². The number of anilines is 1. The fourth-order valence-electron chi connectivity index (χ4n) is 1.25. The predicted molar refractivity (Wildman–Crippen MR) is 60.9 cm³/mol. The maximum absolute atomic E-state index is 9.59. The van der Waals surface area contributed by atoms with E-state index in [1.807, 2.05) is 18.2 Å². The van der Waals surface area contributed by atoms with Crippen LogP contribution in [0.2, 0.25) is 0 Å². The Hall–Kier alpha value is -2.07. The number of aliphatic hydroxyl groups is 1. The van der Waals surface area contributed by atoms with Gasteiger partial charge in [0.25, 0.3) is 6.41 Å². The zero-order valence-corrected chi connectivity index (χ0v) is 8.58. The van der Waals surface area contributed by atoms with Crippen molar-refractivity contribution in [1.82, 2.24) is 4.98 Å². The summed E-state index contributed by atoms with van der Waals surface area (Å²) in [6.45, 7) is 0. The Morgan fingerprint density at radius 1 is 1.12 bits per heavy atom. The van der Waals surface area contributed by atoms with E-state index in [0.717, 1.165) is 0 Å². The van der Waals surface area contributed by atoms with Crippen molar-refractivity contribution < 1.29 is 9.84 Å². The fourth-order valence-corrected chi connectivity index (χ4v) is 1.25. The monoisotopic (exact) mass is 216 g/mol. The van der Waals surface area contributed by atoms with Crippen LogP contribution in [-0.4, -0.2) is 16.5 Å². The van der Waals surface area contributed by atoms with Gasteiger partial charge >= 0.3 is 0 Å². The highest BCUT2D eigenvalue weighted by atomic mass is 16.6. The zero-order chi connectivity index (χ0) is 11.2. The number of ether oxygens (including phenoxy) is 1. The zero-order valence-electron chi connectivity index (χ0n) is 8.58. The van der Waals surface area contributed by atoms with E-state index in [1.165, 1.54) is 0 Å². The summed E-state index contributed by atoms with van der Waals surface area (Å²) in [6.07, 6.45) is 2.18. The Bertz CT molecular complexity index is 378. The van der Waals surface area contributed by atoms with E-state index in [0.29, 0.717) is 11.4 Å². The SMILES string of the molecule is OC(Nc1cccnc1)Oc1ccccc1. The molecule has 1 aromatic carbocycles. The maximum atomic E-state index is 9.59. The fraction of sp³-hybridized carbons (Fsp3) is 0.0833. The Morgan fingerprint density at radius 2 is 1.94 bits per heavy atom. The molecular weight excluding hydrogens is 204 g/mol. The van der Waals surface area contributed by atoms with E-state index in [1.54, 1.807) is 36.7 Å². The van der Waals surface area contributed by atoms with Gasteiger partial charge in [0.2, 0.25) is 0 Å². The van der Waals surface area contributed by atoms with Crippen molar-refractivity contribution in [3.8, 4) is 5.75 Å². The van der Waals surface area contributed by atoms with Gasteiger partial charge in [-0.2, -0.15) is 0 Å². The predicted octanol–water partition coefficient (Wildman–Crippen LogP) is 1.85. The first-order chi connectivity index (χ1) is 7.84. The van der Waals surface area contributed by atoms with Gasteiger partial charge in [0.05, 0.1) is 11.9 Å². The molecule has 0 radical (unpaired) electrons. The molecule has 2 N–H and O–H groups in total. The van der Waals surface area contributed by atoms with Crippen molar-refractivity contribution >= 4 is 5.69 Å². The van der Waals surface area contributed by atoms with E-state index < -0.39 is 6.41 Å². The standard InChI is InChI=1S/C12H12N2O2/c15-12(14-10-5-4-8-13-9-10)16-11-6-2-1-3-7-11/h1-9,12,14-15H. The Morgan fingerprint density at radius 3 is 2.62 bits per heavy atom. The van der Waals surface area contributed by atoms with Crippen LogP contribution in [0.1, 0.15) is 0 Å². The summed E-state index contributed by atoms with van der Waals surface area (Å²) in [5.41, 5.74) is 0.700. The average Bonchev–Trinajstić information content (AvgIpc) is 2.31. The Labute approximate surface area is 93.5 Å². The van der Waals surface area contributed by atoms with Crippen LogP contribution in [0.5, 0.6) is 5.75 Å². The normalized spacial score (nSPS) is 11.8. The lowest BCUT2D eigenvalue weighted by molar-refractivity contribution is 0.00773. The number of para-hydroxylation sites is 1. The van der Waals surface area contributed by atoms with Crippen LogP contribution in [0.3, 0.4) is 0 Å². The molecule has 82 valence electrons. The van der Waals surface area contributed by atoms with Crippen molar-refractivity contribution in [1.29, 1.82) is 0 Å². The van der Waals surface area contributed by atoms with E-state index in [2.05, 4.69) is 10.3 Å². The maximum Gasteiger partial charge on any atom is 0.279 e. The molecule has 0 spiro atoms. The topological polar surface area (TPSA) is 54.4 Å². The van der Waals surface area contributed by atoms with Gasteiger partial charge in [-0.1, -0.05) is 18.2 Å². The van der Waals surface area contributed by atoms with Crippen LogP contribution in [0, 0.1) is 0 Å². The van der Waals surface area contributed by atoms with Crippen molar-refractivity contribution in [2.75, 3.05) is 5.32 Å². The summed E-state index contributed by atoms with van der Waals surface area (Å²) in [6, 6.07) is 12.7. The molecule has 0 bridgehead atoms. The molecule has 0 aliphatic heterocycles. The quantitative estimate of drug-likeness (QED) is 0.766. The molecule has 4 nitrogen and oxygen atoms in total. The number of rotatable bonds is 4. The number of aliphatic hydroxyl groups excluding tert-OH is 1. The molecule has 2 rings (SSSR count). The summed E-state index contributed by atoms with van der Waals surface area (Å²) >= 11 is 0. The van der Waals surface area contributed by atoms with Gasteiger partial charge in [0, 0.05) is 6.20 Å². The molecule has 4 heteroatoms. The van der Waals surface area contributed by atoms with Crippen molar-refractivity contribution in [2.24, 2.45) is 0 Å². The third-order valence-electron chi connectivity index (χ3n) is 1.94. The van der Waals surface area contributed by atoms with Crippen LogP contribution >= 0.6 is 0 Å². The van der Waals surface area contributed by atoms with E-state index in [9.17, 15) is 5.11 Å². The van der Waals surface area contributed by atoms with Gasteiger partial charge < -0.3 is 15.2 Å². The smallest absolute Gasteiger partial charge is 0.279 e. The summed E-state index contributed by atoms with van der Waals surface area (Å²) in [5, 5.41) is 12.4. The number of hydrogen-bond acceptors (Lipinski definition) is 4. The van der Waals surface area contributed by atoms with Crippen LogP contribution < -0.4 is 10.1 Å². The molecule has 0 aliphatic rings. The minimum atomic E-state index is -1.09. The lowest BCUT2D eigenvalue weighted by atomic mass is 10.3. The summed E-state index contributed by atoms with van der Waals surface area (Å²) in [5.74, 6) is 0.603. The first-order valence-corrected chi connectivity index (χ1v) is 4.91. The van der Waals surface area contributed by atoms with E-state index in [-0.39, 0.29) is 0 Å². The molecule has 1 aromatic heterocycles. The third kappa shape index (κ3) is 2.96. The number of nitrogens with one attached hydrogen (secondary N) is 1. The van der Waals surface area contributed by atoms with Crippen LogP contribution in [-0.2, 0) is 0 Å². The third-order valence-corrected chi connectivity index (χ3v) is 1.94. The van der Waals surface area contributed by atoms with Crippen molar-refractivity contribution in [2.45, 2.75) is 6.41 Å². The molecule has 1 atom stereocenters. The largest absolute Gasteiger partial charge is 0.447 e. The highest BCUT2D eigenvalue weighted by molar-refractivity contribution is 5.39. The van der Waals surface area contributed by atoms with Gasteiger partial charge in [-0.15, -0.1) is 0 Å². The molecule has 16 heavy (non-hydrogen) atoms. The second-order valence-electron chi connectivity index (χ2n) is 3.17. The molecule has 0 amide bonds. The number of pyridine rings is 1. The van der Waals surface area contributed by atoms with Gasteiger partial charge in [-0.3, -0.25) is 4.98 Å². The van der Waals surface area contributed by atoms with E-state index >= 15 is 0 Å². The number of aromatic nitrogens is 1. The summed E-state index contributed by atoms with van der Waals surface area (Å²) in [4.78, 5) is 3.92. The van der Waals surface area contributed by atoms with Crippen LogP contribution in [0.4, 0.5) is 5.69 Å². The van der Waals surface area contributed by atoms with Crippen molar-refractivity contribution in [3.63, 3.8) is 0 Å². The highest BCUT2D eigenvalue weighted by Gasteiger charge is 2.04. The average molecular weight is 216 g/mol. The molecule has 0 aliphatic carbocycles. The lowest BCUT2D eigenvalue weighted by Crippen LogP contribution is -2.25. The molecule has 0 fully saturated rings. The minimum Gasteiger partial charge on any atom is -0.447 e. The minimum absolute atomic E-state index is 0.603. The Balaban J connectivity index is 1.92. The van der Waals surface area contributed by atoms with Crippen LogP contribution in [0.15, 0.2) is 54.9 Å². The van der Waals surface area contributed by atoms with Gasteiger partial charge in [-0.25, -0.2) is 0 Å².